The van der Waals surface area contributed by atoms with E-state index in [4.69, 9.17) is 4.74 Å². The van der Waals surface area contributed by atoms with Gasteiger partial charge in [0, 0.05) is 40.6 Å². The van der Waals surface area contributed by atoms with Gasteiger partial charge in [-0.25, -0.2) is 0 Å². The van der Waals surface area contributed by atoms with E-state index in [9.17, 15) is 9.59 Å². The molecule has 0 amide bonds. The van der Waals surface area contributed by atoms with Crippen LogP contribution in [0.1, 0.15) is 40.7 Å². The van der Waals surface area contributed by atoms with Crippen LogP contribution in [0.4, 0.5) is 0 Å². The molecule has 0 bridgehead atoms. The monoisotopic (exact) mass is 352 g/mol. The van der Waals surface area contributed by atoms with Crippen LogP contribution < -0.4 is 0 Å². The lowest BCUT2D eigenvalue weighted by molar-refractivity contribution is -0.141. The number of para-hydroxylation sites is 1. The molecule has 26 heavy (non-hydrogen) atoms. The fraction of sp³-hybridized carbons (Fsp3) is 0.333. The number of carbonyl (C=O) groups is 2. The third-order valence-corrected chi connectivity index (χ3v) is 4.70. The van der Waals surface area contributed by atoms with Crippen molar-refractivity contribution in [2.45, 2.75) is 40.2 Å². The summed E-state index contributed by atoms with van der Waals surface area (Å²) < 4.78 is 7.36. The third kappa shape index (κ3) is 3.57. The Bertz CT molecular complexity index is 949. The lowest BCUT2D eigenvalue weighted by Crippen LogP contribution is -2.16. The van der Waals surface area contributed by atoms with Gasteiger partial charge in [0.15, 0.2) is 6.61 Å². The molecule has 5 nitrogen and oxygen atoms in total. The summed E-state index contributed by atoms with van der Waals surface area (Å²) in [5, 5.41) is 0.999. The first kappa shape index (κ1) is 18.0. The molecule has 0 atom stereocenters. The first-order chi connectivity index (χ1) is 12.5. The number of nitrogens with one attached hydrogen (secondary N) is 1. The number of benzene rings is 1. The van der Waals surface area contributed by atoms with Crippen molar-refractivity contribution in [2.75, 3.05) is 6.61 Å². The molecular weight excluding hydrogens is 328 g/mol. The average molecular weight is 352 g/mol. The number of rotatable bonds is 7. The maximum absolute atomic E-state index is 12.5. The molecule has 0 saturated heterocycles. The molecule has 0 aliphatic rings. The Balaban J connectivity index is 1.63. The fourth-order valence-corrected chi connectivity index (χ4v) is 3.36. The minimum Gasteiger partial charge on any atom is -0.457 e. The van der Waals surface area contributed by atoms with Crippen molar-refractivity contribution < 1.29 is 14.3 Å². The second kappa shape index (κ2) is 7.60. The zero-order valence-corrected chi connectivity index (χ0v) is 15.5. The number of H-pyrrole nitrogens is 1. The Hall–Kier alpha value is -2.82. The number of hydrogen-bond donors (Lipinski definition) is 1. The molecule has 2 heterocycles. The maximum atomic E-state index is 12.5. The number of ketones is 1. The van der Waals surface area contributed by atoms with Crippen molar-refractivity contribution in [1.82, 2.24) is 9.55 Å². The summed E-state index contributed by atoms with van der Waals surface area (Å²) in [5.74, 6) is -0.557. The van der Waals surface area contributed by atoms with Gasteiger partial charge in [-0.15, -0.1) is 0 Å². The van der Waals surface area contributed by atoms with Crippen LogP contribution in [0, 0.1) is 13.8 Å². The Morgan fingerprint density at radius 3 is 2.73 bits per heavy atom. The molecule has 0 fully saturated rings. The smallest absolute Gasteiger partial charge is 0.310 e. The van der Waals surface area contributed by atoms with E-state index in [1.54, 1.807) is 0 Å². The Morgan fingerprint density at radius 1 is 1.19 bits per heavy atom. The van der Waals surface area contributed by atoms with E-state index in [1.165, 1.54) is 0 Å². The number of aryl methyl sites for hydroxylation is 1. The number of carbonyl (C=O) groups excluding carboxylic acids is 2. The van der Waals surface area contributed by atoms with Crippen LogP contribution in [0.25, 0.3) is 10.9 Å². The van der Waals surface area contributed by atoms with Gasteiger partial charge in [-0.2, -0.15) is 0 Å². The number of Topliss-reactive ketones (excluding diaryl/α,β-unsaturated/α-hetero) is 1. The van der Waals surface area contributed by atoms with Gasteiger partial charge in [-0.3, -0.25) is 9.59 Å². The molecule has 136 valence electrons. The quantitative estimate of drug-likeness (QED) is 0.517. The minimum atomic E-state index is -0.398. The maximum Gasteiger partial charge on any atom is 0.310 e. The van der Waals surface area contributed by atoms with Gasteiger partial charge >= 0.3 is 5.97 Å². The molecule has 0 saturated carbocycles. The first-order valence-corrected chi connectivity index (χ1v) is 8.91. The van der Waals surface area contributed by atoms with Crippen molar-refractivity contribution in [1.29, 1.82) is 0 Å². The van der Waals surface area contributed by atoms with Crippen LogP contribution in [-0.4, -0.2) is 27.9 Å². The van der Waals surface area contributed by atoms with Gasteiger partial charge in [0.05, 0.1) is 6.42 Å². The molecular formula is C21H24N2O3. The van der Waals surface area contributed by atoms with E-state index in [-0.39, 0.29) is 18.8 Å². The van der Waals surface area contributed by atoms with Gasteiger partial charge in [-0.1, -0.05) is 25.1 Å². The molecule has 1 N–H and O–H groups in total. The molecule has 3 rings (SSSR count). The van der Waals surface area contributed by atoms with E-state index in [1.807, 2.05) is 50.4 Å². The van der Waals surface area contributed by atoms with Crippen molar-refractivity contribution in [3.63, 3.8) is 0 Å². The van der Waals surface area contributed by atoms with E-state index in [0.717, 1.165) is 40.8 Å². The lowest BCUT2D eigenvalue weighted by Gasteiger charge is -2.08. The SMILES string of the molecule is CCCn1c(C)cc(C(=O)COC(=O)Cc2c[nH]c3ccccc23)c1C. The average Bonchev–Trinajstić information content (AvgIpc) is 3.16. The zero-order chi connectivity index (χ0) is 18.7. The number of aromatic nitrogens is 2. The van der Waals surface area contributed by atoms with Crippen molar-refractivity contribution in [3.8, 4) is 0 Å². The molecule has 1 aromatic carbocycles. The van der Waals surface area contributed by atoms with Crippen LogP contribution in [0.15, 0.2) is 36.5 Å². The molecule has 2 aromatic heterocycles. The predicted octanol–water partition coefficient (Wildman–Crippen LogP) is 3.96. The van der Waals surface area contributed by atoms with E-state index in [0.29, 0.717) is 5.56 Å². The Morgan fingerprint density at radius 2 is 1.96 bits per heavy atom. The van der Waals surface area contributed by atoms with Crippen molar-refractivity contribution in [2.24, 2.45) is 0 Å². The number of aromatic amines is 1. The predicted molar refractivity (Wildman–Crippen MR) is 101 cm³/mol. The van der Waals surface area contributed by atoms with Crippen LogP contribution in [0.5, 0.6) is 0 Å². The Kier molecular flexibility index (Phi) is 5.26. The van der Waals surface area contributed by atoms with E-state index < -0.39 is 5.97 Å². The number of ether oxygens (including phenoxy) is 1. The highest BCUT2D eigenvalue weighted by molar-refractivity contribution is 5.99. The highest BCUT2D eigenvalue weighted by Gasteiger charge is 2.17. The third-order valence-electron chi connectivity index (χ3n) is 4.70. The summed E-state index contributed by atoms with van der Waals surface area (Å²) >= 11 is 0. The lowest BCUT2D eigenvalue weighted by atomic mass is 10.1. The fourth-order valence-electron chi connectivity index (χ4n) is 3.36. The molecule has 0 spiro atoms. The molecule has 0 unspecified atom stereocenters. The largest absolute Gasteiger partial charge is 0.457 e. The summed E-state index contributed by atoms with van der Waals surface area (Å²) in [4.78, 5) is 27.7. The highest BCUT2D eigenvalue weighted by atomic mass is 16.5. The topological polar surface area (TPSA) is 64.1 Å². The number of nitrogens with zero attached hydrogens (tertiary/aromatic N) is 1. The van der Waals surface area contributed by atoms with Gasteiger partial charge in [-0.05, 0) is 38.0 Å². The summed E-state index contributed by atoms with van der Waals surface area (Å²) in [6.07, 6.45) is 2.96. The van der Waals surface area contributed by atoms with Crippen LogP contribution in [0.2, 0.25) is 0 Å². The highest BCUT2D eigenvalue weighted by Crippen LogP contribution is 2.19. The normalized spacial score (nSPS) is 11.0. The standard InChI is InChI=1S/C21H24N2O3/c1-4-9-23-14(2)10-18(15(23)3)20(24)13-26-21(25)11-16-12-22-19-8-6-5-7-17(16)19/h5-8,10,12,22H,4,9,11,13H2,1-3H3. The van der Waals surface area contributed by atoms with Gasteiger partial charge in [0.25, 0.3) is 0 Å². The van der Waals surface area contributed by atoms with Crippen molar-refractivity contribution in [3.05, 3.63) is 59.0 Å². The summed E-state index contributed by atoms with van der Waals surface area (Å²) in [6, 6.07) is 9.66. The van der Waals surface area contributed by atoms with Crippen LogP contribution >= 0.6 is 0 Å². The minimum absolute atomic E-state index is 0.145. The van der Waals surface area contributed by atoms with E-state index in [2.05, 4.69) is 16.5 Å². The summed E-state index contributed by atoms with van der Waals surface area (Å²) in [7, 11) is 0. The number of fused-ring (bicyclic) bond motifs is 1. The summed E-state index contributed by atoms with van der Waals surface area (Å²) in [6.45, 7) is 6.68. The van der Waals surface area contributed by atoms with Crippen molar-refractivity contribution >= 4 is 22.7 Å². The Labute approximate surface area is 153 Å². The van der Waals surface area contributed by atoms with E-state index >= 15 is 0 Å². The second-order valence-electron chi connectivity index (χ2n) is 6.56. The number of esters is 1. The first-order valence-electron chi connectivity index (χ1n) is 8.91. The molecule has 5 heteroatoms. The summed E-state index contributed by atoms with van der Waals surface area (Å²) in [5.41, 5.74) is 4.48. The van der Waals surface area contributed by atoms with Crippen LogP contribution in [-0.2, 0) is 22.5 Å². The molecule has 0 aliphatic heterocycles. The van der Waals surface area contributed by atoms with Crippen LogP contribution in [0.3, 0.4) is 0 Å². The van der Waals surface area contributed by atoms with Gasteiger partial charge in [0.1, 0.15) is 0 Å². The zero-order valence-electron chi connectivity index (χ0n) is 15.5. The second-order valence-corrected chi connectivity index (χ2v) is 6.56. The molecule has 0 aliphatic carbocycles. The molecule has 0 radical (unpaired) electrons. The molecule has 3 aromatic rings. The number of hydrogen-bond acceptors (Lipinski definition) is 3. The van der Waals surface area contributed by atoms with Gasteiger partial charge in [0.2, 0.25) is 5.78 Å². The van der Waals surface area contributed by atoms with Gasteiger partial charge < -0.3 is 14.3 Å².